The van der Waals surface area contributed by atoms with E-state index in [4.69, 9.17) is 25.4 Å². The Labute approximate surface area is 144 Å². The molecular weight excluding hydrogens is 326 g/mol. The minimum Gasteiger partial charge on any atom is -0.489 e. The Morgan fingerprint density at radius 1 is 0.960 bits per heavy atom. The molecule has 132 valence electrons. The molecule has 0 saturated heterocycles. The lowest BCUT2D eigenvalue weighted by Crippen LogP contribution is -2.46. The van der Waals surface area contributed by atoms with Crippen LogP contribution in [-0.4, -0.2) is 34.3 Å². The number of ether oxygens (including phenoxy) is 2. The quantitative estimate of drug-likeness (QED) is 0.635. The van der Waals surface area contributed by atoms with Crippen molar-refractivity contribution in [1.29, 1.82) is 0 Å². The molecule has 0 saturated carbocycles. The number of hydrogen-bond acceptors (Lipinski definition) is 5. The van der Waals surface area contributed by atoms with Gasteiger partial charge in [-0.15, -0.1) is 0 Å². The fourth-order valence-electron chi connectivity index (χ4n) is 2.10. The average molecular weight is 345 g/mol. The highest BCUT2D eigenvalue weighted by Crippen LogP contribution is 2.21. The molecule has 0 fully saturated rings. The van der Waals surface area contributed by atoms with E-state index < -0.39 is 30.5 Å². The van der Waals surface area contributed by atoms with Gasteiger partial charge in [-0.3, -0.25) is 9.59 Å². The lowest BCUT2D eigenvalue weighted by Gasteiger charge is -2.21. The van der Waals surface area contributed by atoms with Crippen molar-refractivity contribution in [2.45, 2.75) is 25.2 Å². The summed E-state index contributed by atoms with van der Waals surface area (Å²) in [5.74, 6) is -1.60. The second-order valence-corrected chi connectivity index (χ2v) is 5.36. The van der Waals surface area contributed by atoms with Crippen LogP contribution in [0.3, 0.4) is 0 Å². The van der Waals surface area contributed by atoms with Crippen LogP contribution in [0.25, 0.3) is 0 Å². The number of benzene rings is 2. The highest BCUT2D eigenvalue weighted by molar-refractivity contribution is 5.76. The van der Waals surface area contributed by atoms with Crippen LogP contribution in [0.5, 0.6) is 11.5 Å². The van der Waals surface area contributed by atoms with E-state index >= 15 is 0 Å². The lowest BCUT2D eigenvalue weighted by atomic mass is 10.1. The van der Waals surface area contributed by atoms with Crippen LogP contribution in [0.15, 0.2) is 54.6 Å². The van der Waals surface area contributed by atoms with Crippen LogP contribution in [-0.2, 0) is 16.2 Å². The van der Waals surface area contributed by atoms with Crippen LogP contribution < -0.4 is 15.2 Å². The molecule has 1 unspecified atom stereocenters. The van der Waals surface area contributed by atoms with Crippen LogP contribution in [0, 0.1) is 0 Å². The Balaban J connectivity index is 1.97. The zero-order valence-electron chi connectivity index (χ0n) is 13.4. The largest absolute Gasteiger partial charge is 0.489 e. The van der Waals surface area contributed by atoms with Gasteiger partial charge in [-0.25, -0.2) is 0 Å². The van der Waals surface area contributed by atoms with Gasteiger partial charge in [0.1, 0.15) is 30.3 Å². The van der Waals surface area contributed by atoms with Gasteiger partial charge < -0.3 is 25.4 Å². The smallest absolute Gasteiger partial charge is 0.324 e. The Kier molecular flexibility index (Phi) is 6.36. The molecule has 2 aromatic rings. The van der Waals surface area contributed by atoms with Gasteiger partial charge in [0.15, 0.2) is 0 Å². The normalized spacial score (nSPS) is 12.8. The van der Waals surface area contributed by atoms with E-state index in [0.717, 1.165) is 5.56 Å². The second-order valence-electron chi connectivity index (χ2n) is 5.36. The molecule has 0 spiro atoms. The molecule has 0 aliphatic heterocycles. The highest BCUT2D eigenvalue weighted by atomic mass is 16.5. The average Bonchev–Trinajstić information content (AvgIpc) is 2.60. The summed E-state index contributed by atoms with van der Waals surface area (Å²) >= 11 is 0. The van der Waals surface area contributed by atoms with Crippen LogP contribution in [0.1, 0.15) is 12.0 Å². The van der Waals surface area contributed by atoms with Crippen molar-refractivity contribution in [1.82, 2.24) is 0 Å². The molecule has 25 heavy (non-hydrogen) atoms. The number of carboxylic acids is 2. The number of hydrogen-bond donors (Lipinski definition) is 3. The molecule has 4 N–H and O–H groups in total. The van der Waals surface area contributed by atoms with Crippen molar-refractivity contribution in [3.8, 4) is 11.5 Å². The maximum absolute atomic E-state index is 11.0. The summed E-state index contributed by atoms with van der Waals surface area (Å²) in [6, 6.07) is 14.7. The molecule has 2 atom stereocenters. The molecule has 7 heteroatoms. The maximum Gasteiger partial charge on any atom is 0.324 e. The molecule has 0 heterocycles. The fourth-order valence-corrected chi connectivity index (χ4v) is 2.10. The standard InChI is InChI=1S/C18H19NO6/c19-17(18(22)23)15(10-16(20)21)25-14-8-6-13(7-9-14)24-11-12-4-2-1-3-5-12/h1-9,15,17H,10-11,19H2,(H,20,21)(H,22,23)/t15?,17-/m0/s1. The molecule has 0 amide bonds. The molecular formula is C18H19NO6. The van der Waals surface area contributed by atoms with Crippen molar-refractivity contribution >= 4 is 11.9 Å². The Hall–Kier alpha value is -3.06. The summed E-state index contributed by atoms with van der Waals surface area (Å²) in [7, 11) is 0. The van der Waals surface area contributed by atoms with Crippen LogP contribution in [0.2, 0.25) is 0 Å². The van der Waals surface area contributed by atoms with Crippen molar-refractivity contribution in [2.75, 3.05) is 0 Å². The van der Waals surface area contributed by atoms with E-state index in [1.807, 2.05) is 30.3 Å². The Morgan fingerprint density at radius 2 is 1.56 bits per heavy atom. The summed E-state index contributed by atoms with van der Waals surface area (Å²) in [6.07, 6.45) is -1.69. The molecule has 0 radical (unpaired) electrons. The predicted molar refractivity (Wildman–Crippen MR) is 89.5 cm³/mol. The third-order valence-electron chi connectivity index (χ3n) is 3.42. The first kappa shape index (κ1) is 18.3. The van der Waals surface area contributed by atoms with E-state index in [1.54, 1.807) is 24.3 Å². The zero-order chi connectivity index (χ0) is 18.2. The fraction of sp³-hybridized carbons (Fsp3) is 0.222. The second kappa shape index (κ2) is 8.70. The topological polar surface area (TPSA) is 119 Å². The summed E-state index contributed by atoms with van der Waals surface area (Å²) in [4.78, 5) is 21.8. The summed E-state index contributed by atoms with van der Waals surface area (Å²) < 4.78 is 11.1. The third-order valence-corrected chi connectivity index (χ3v) is 3.42. The lowest BCUT2D eigenvalue weighted by molar-refractivity contribution is -0.143. The van der Waals surface area contributed by atoms with Gasteiger partial charge in [0.2, 0.25) is 0 Å². The van der Waals surface area contributed by atoms with Gasteiger partial charge in [0, 0.05) is 0 Å². The third kappa shape index (κ3) is 5.82. The molecule has 0 aliphatic rings. The van der Waals surface area contributed by atoms with E-state index in [9.17, 15) is 9.59 Å². The van der Waals surface area contributed by atoms with Gasteiger partial charge in [-0.05, 0) is 29.8 Å². The number of rotatable bonds is 9. The Bertz CT molecular complexity index is 701. The van der Waals surface area contributed by atoms with Gasteiger partial charge in [0.05, 0.1) is 6.42 Å². The van der Waals surface area contributed by atoms with Crippen molar-refractivity contribution in [2.24, 2.45) is 5.73 Å². The number of carboxylic acid groups (broad SMARTS) is 2. The first-order chi connectivity index (χ1) is 12.0. The molecule has 0 aromatic heterocycles. The molecule has 0 aliphatic carbocycles. The van der Waals surface area contributed by atoms with Crippen molar-refractivity contribution in [3.63, 3.8) is 0 Å². The molecule has 7 nitrogen and oxygen atoms in total. The first-order valence-electron chi connectivity index (χ1n) is 7.59. The monoisotopic (exact) mass is 345 g/mol. The first-order valence-corrected chi connectivity index (χ1v) is 7.59. The molecule has 0 bridgehead atoms. The predicted octanol–water partition coefficient (Wildman–Crippen LogP) is 1.90. The van der Waals surface area contributed by atoms with Crippen molar-refractivity contribution in [3.05, 3.63) is 60.2 Å². The van der Waals surface area contributed by atoms with Crippen molar-refractivity contribution < 1.29 is 29.3 Å². The highest BCUT2D eigenvalue weighted by Gasteiger charge is 2.28. The summed E-state index contributed by atoms with van der Waals surface area (Å²) in [5, 5.41) is 17.8. The molecule has 2 rings (SSSR count). The van der Waals surface area contributed by atoms with E-state index in [-0.39, 0.29) is 0 Å². The maximum atomic E-state index is 11.0. The number of nitrogens with two attached hydrogens (primary N) is 1. The van der Waals surface area contributed by atoms with Gasteiger partial charge in [-0.2, -0.15) is 0 Å². The van der Waals surface area contributed by atoms with Gasteiger partial charge in [-0.1, -0.05) is 30.3 Å². The number of carbonyl (C=O) groups is 2. The van der Waals surface area contributed by atoms with E-state index in [2.05, 4.69) is 0 Å². The van der Waals surface area contributed by atoms with Gasteiger partial charge >= 0.3 is 11.9 Å². The van der Waals surface area contributed by atoms with E-state index in [0.29, 0.717) is 18.1 Å². The van der Waals surface area contributed by atoms with Gasteiger partial charge in [0.25, 0.3) is 0 Å². The number of aliphatic carboxylic acids is 2. The zero-order valence-corrected chi connectivity index (χ0v) is 13.4. The summed E-state index contributed by atoms with van der Waals surface area (Å²) in [5.41, 5.74) is 6.51. The van der Waals surface area contributed by atoms with E-state index in [1.165, 1.54) is 0 Å². The minimum atomic E-state index is -1.44. The Morgan fingerprint density at radius 3 is 2.12 bits per heavy atom. The van der Waals surface area contributed by atoms with Crippen LogP contribution >= 0.6 is 0 Å². The minimum absolute atomic E-state index is 0.315. The van der Waals surface area contributed by atoms with Crippen LogP contribution in [0.4, 0.5) is 0 Å². The SMILES string of the molecule is N[C@H](C(=O)O)C(CC(=O)O)Oc1ccc(OCc2ccccc2)cc1. The molecule has 2 aromatic carbocycles. The summed E-state index contributed by atoms with van der Waals surface area (Å²) in [6.45, 7) is 0.409.